The van der Waals surface area contributed by atoms with E-state index in [1.807, 2.05) is 30.7 Å². The van der Waals surface area contributed by atoms with E-state index in [0.29, 0.717) is 42.3 Å². The Bertz CT molecular complexity index is 1790. The molecule has 1 aliphatic carbocycles. The fraction of sp³-hybridized carbons (Fsp3) is 0.543. The lowest BCUT2D eigenvalue weighted by Gasteiger charge is -2.36. The van der Waals surface area contributed by atoms with E-state index in [0.717, 1.165) is 78.8 Å². The summed E-state index contributed by atoms with van der Waals surface area (Å²) in [4.78, 5) is 38.6. The summed E-state index contributed by atoms with van der Waals surface area (Å²) < 4.78 is 15.6. The maximum absolute atomic E-state index is 13.7. The van der Waals surface area contributed by atoms with E-state index >= 15 is 0 Å². The van der Waals surface area contributed by atoms with Crippen LogP contribution in [-0.4, -0.2) is 75.3 Å². The molecule has 46 heavy (non-hydrogen) atoms. The van der Waals surface area contributed by atoms with Crippen LogP contribution in [0.15, 0.2) is 30.3 Å². The number of fused-ring (bicyclic) bond motifs is 3. The molecule has 244 valence electrons. The minimum absolute atomic E-state index is 0.0504. The van der Waals surface area contributed by atoms with Crippen molar-refractivity contribution in [2.24, 2.45) is 24.6 Å². The summed E-state index contributed by atoms with van der Waals surface area (Å²) >= 11 is 0. The van der Waals surface area contributed by atoms with Crippen LogP contribution in [0.25, 0.3) is 33.6 Å². The van der Waals surface area contributed by atoms with E-state index in [1.165, 1.54) is 0 Å². The van der Waals surface area contributed by atoms with Crippen molar-refractivity contribution in [2.75, 3.05) is 27.3 Å². The Morgan fingerprint density at radius 1 is 1.04 bits per heavy atom. The second-order valence-corrected chi connectivity index (χ2v) is 13.4. The maximum Gasteiger partial charge on any atom is 0.254 e. The number of amides is 2. The van der Waals surface area contributed by atoms with E-state index in [9.17, 15) is 9.59 Å². The lowest BCUT2D eigenvalue weighted by Crippen LogP contribution is -2.53. The molecule has 11 heteroatoms. The normalized spacial score (nSPS) is 25.6. The van der Waals surface area contributed by atoms with Crippen molar-refractivity contribution in [1.29, 1.82) is 0 Å². The summed E-state index contributed by atoms with van der Waals surface area (Å²) in [5.74, 6) is 2.11. The van der Waals surface area contributed by atoms with Crippen LogP contribution in [0.1, 0.15) is 74.0 Å². The highest BCUT2D eigenvalue weighted by atomic mass is 16.5. The zero-order valence-corrected chi connectivity index (χ0v) is 27.3. The highest BCUT2D eigenvalue weighted by Gasteiger charge is 2.42. The largest absolute Gasteiger partial charge is 0.494 e. The summed E-state index contributed by atoms with van der Waals surface area (Å²) in [6, 6.07) is 9.51. The zero-order valence-electron chi connectivity index (χ0n) is 27.3. The summed E-state index contributed by atoms with van der Waals surface area (Å²) in [6.07, 6.45) is 7.24. The number of hydrogen-bond donors (Lipinski definition) is 2. The van der Waals surface area contributed by atoms with Gasteiger partial charge in [0.1, 0.15) is 16.9 Å². The lowest BCUT2D eigenvalue weighted by atomic mass is 10.0. The molecule has 3 N–H and O–H groups in total. The van der Waals surface area contributed by atoms with Gasteiger partial charge in [-0.15, -0.1) is 0 Å². The van der Waals surface area contributed by atoms with Crippen LogP contribution in [0.2, 0.25) is 0 Å². The van der Waals surface area contributed by atoms with Gasteiger partial charge in [-0.2, -0.15) is 0 Å². The predicted octanol–water partition coefficient (Wildman–Crippen LogP) is 4.56. The van der Waals surface area contributed by atoms with Gasteiger partial charge in [-0.3, -0.25) is 9.59 Å². The fourth-order valence-corrected chi connectivity index (χ4v) is 7.55. The molecule has 11 nitrogen and oxygen atoms in total. The number of benzene rings is 1. The van der Waals surface area contributed by atoms with Crippen molar-refractivity contribution < 1.29 is 19.1 Å². The van der Waals surface area contributed by atoms with Crippen molar-refractivity contribution in [3.05, 3.63) is 41.6 Å². The molecule has 0 spiro atoms. The van der Waals surface area contributed by atoms with Gasteiger partial charge in [0, 0.05) is 56.7 Å². The number of nitrogens with zero attached hydrogens (tertiary/aromatic N) is 5. The second kappa shape index (κ2) is 12.3. The number of ether oxygens (including phenoxy) is 2. The number of likely N-dealkylation sites (tertiary alicyclic amines) is 1. The molecule has 0 radical (unpaired) electrons. The van der Waals surface area contributed by atoms with Crippen molar-refractivity contribution in [1.82, 2.24) is 29.3 Å². The van der Waals surface area contributed by atoms with Crippen LogP contribution in [-0.2, 0) is 23.1 Å². The Labute approximate surface area is 269 Å². The predicted molar refractivity (Wildman–Crippen MR) is 177 cm³/mol. The number of piperidine rings is 1. The number of carbonyl (C=O) groups is 2. The number of methoxy groups -OCH3 is 2. The van der Waals surface area contributed by atoms with Gasteiger partial charge in [0.25, 0.3) is 5.91 Å². The smallest absolute Gasteiger partial charge is 0.254 e. The number of aromatic nitrogens is 4. The minimum Gasteiger partial charge on any atom is -0.494 e. The maximum atomic E-state index is 13.7. The topological polar surface area (TPSA) is 130 Å². The van der Waals surface area contributed by atoms with Crippen LogP contribution >= 0.6 is 0 Å². The molecule has 5 atom stereocenters. The Kier molecular flexibility index (Phi) is 8.23. The average Bonchev–Trinajstić information content (AvgIpc) is 3.65. The number of hydrogen-bond acceptors (Lipinski definition) is 7. The van der Waals surface area contributed by atoms with Gasteiger partial charge >= 0.3 is 0 Å². The molecule has 3 aliphatic rings. The van der Waals surface area contributed by atoms with E-state index in [-0.39, 0.29) is 35.9 Å². The van der Waals surface area contributed by atoms with Crippen molar-refractivity contribution in [3.8, 4) is 17.3 Å². The second-order valence-electron chi connectivity index (χ2n) is 13.4. The van der Waals surface area contributed by atoms with Gasteiger partial charge in [0.2, 0.25) is 5.91 Å². The van der Waals surface area contributed by atoms with Gasteiger partial charge in [-0.1, -0.05) is 19.3 Å². The number of nitrogens with two attached hydrogens (primary N) is 1. The molecular formula is C35H45N7O4. The first-order chi connectivity index (χ1) is 22.3. The minimum atomic E-state index is -0.233. The Morgan fingerprint density at radius 2 is 1.87 bits per heavy atom. The van der Waals surface area contributed by atoms with Crippen LogP contribution < -0.4 is 15.8 Å². The third-order valence-corrected chi connectivity index (χ3v) is 10.3. The monoisotopic (exact) mass is 627 g/mol. The third-order valence-electron chi connectivity index (χ3n) is 10.3. The lowest BCUT2D eigenvalue weighted by molar-refractivity contribution is -0.123. The van der Waals surface area contributed by atoms with Crippen LogP contribution in [0.3, 0.4) is 0 Å². The summed E-state index contributed by atoms with van der Waals surface area (Å²) in [7, 11) is 5.28. The summed E-state index contributed by atoms with van der Waals surface area (Å²) in [6.45, 7) is 3.84. The van der Waals surface area contributed by atoms with Crippen LogP contribution in [0.4, 0.5) is 0 Å². The fourth-order valence-electron chi connectivity index (χ4n) is 7.55. The van der Waals surface area contributed by atoms with Gasteiger partial charge in [-0.25, -0.2) is 9.97 Å². The number of nitrogens with one attached hydrogen (secondary N) is 1. The molecule has 7 rings (SSSR count). The summed E-state index contributed by atoms with van der Waals surface area (Å²) in [5.41, 5.74) is 11.0. The Hall–Kier alpha value is -3.96. The molecule has 2 bridgehead atoms. The first-order valence-corrected chi connectivity index (χ1v) is 16.7. The average molecular weight is 628 g/mol. The van der Waals surface area contributed by atoms with E-state index < -0.39 is 0 Å². The third kappa shape index (κ3) is 5.53. The van der Waals surface area contributed by atoms with E-state index in [4.69, 9.17) is 25.2 Å². The first-order valence-electron chi connectivity index (χ1n) is 16.7. The molecule has 2 amide bonds. The zero-order chi connectivity index (χ0) is 32.1. The van der Waals surface area contributed by atoms with Crippen LogP contribution in [0, 0.1) is 11.8 Å². The van der Waals surface area contributed by atoms with Gasteiger partial charge in [0.05, 0.1) is 36.2 Å². The van der Waals surface area contributed by atoms with Crippen molar-refractivity contribution in [2.45, 2.75) is 76.6 Å². The molecule has 4 aromatic rings. The molecule has 5 heterocycles. The van der Waals surface area contributed by atoms with Gasteiger partial charge in [-0.05, 0) is 68.9 Å². The molecular weight excluding hydrogens is 582 g/mol. The quantitative estimate of drug-likeness (QED) is 0.339. The van der Waals surface area contributed by atoms with Gasteiger partial charge in [0.15, 0.2) is 5.82 Å². The van der Waals surface area contributed by atoms with E-state index in [1.54, 1.807) is 25.2 Å². The molecule has 2 fully saturated rings. The van der Waals surface area contributed by atoms with Crippen molar-refractivity contribution >= 4 is 33.9 Å². The van der Waals surface area contributed by atoms with Gasteiger partial charge < -0.3 is 34.6 Å². The molecule has 3 aromatic heterocycles. The number of imidazole rings is 1. The Balaban J connectivity index is 1.27. The van der Waals surface area contributed by atoms with Crippen LogP contribution in [0.5, 0.6) is 5.75 Å². The molecule has 1 saturated carbocycles. The van der Waals surface area contributed by atoms with E-state index in [2.05, 4.69) is 22.0 Å². The molecule has 1 unspecified atom stereocenters. The number of aryl methyl sites for hydroxylation is 2. The molecule has 1 aromatic carbocycles. The number of pyridine rings is 1. The SMILES string of the molecule is COc1cc(C(=O)N2CC[C@@H](OC)[C@@H](N)C2)cc2nc(-c3cc4ccc5nc4n3CCCCCC[C@@H]3CC3C(=O)N[C@@H]5C)n(C)c12. The Morgan fingerprint density at radius 3 is 2.65 bits per heavy atom. The highest BCUT2D eigenvalue weighted by molar-refractivity contribution is 6.00. The number of rotatable bonds is 4. The molecule has 1 saturated heterocycles. The standard InChI is InChI=1S/C35H45N7O4/c1-20-26-11-10-22-17-28(42(32(22)38-26)13-8-6-5-7-9-21-15-24(21)34(43)37-20)33-39-27-16-23(18-30(46-4)31(27)40(33)2)35(44)41-14-12-29(45-3)25(36)19-41/h10-11,16-18,20-21,24-25,29H,5-9,12-15,19,36H2,1-4H3,(H,37,43)/t20-,21-,24?,25+,29-/m1/s1. The first kappa shape index (κ1) is 30.7. The van der Waals surface area contributed by atoms with Crippen molar-refractivity contribution in [3.63, 3.8) is 0 Å². The molecule has 2 aliphatic heterocycles. The highest BCUT2D eigenvalue weighted by Crippen LogP contribution is 2.43. The summed E-state index contributed by atoms with van der Waals surface area (Å²) in [5, 5.41) is 4.24. The number of carbonyl (C=O) groups excluding carboxylic acids is 2.